The van der Waals surface area contributed by atoms with E-state index >= 15 is 0 Å². The van der Waals surface area contributed by atoms with Gasteiger partial charge in [-0.05, 0) is 152 Å². The van der Waals surface area contributed by atoms with E-state index in [2.05, 4.69) is 235 Å². The maximum absolute atomic E-state index is 6.81. The van der Waals surface area contributed by atoms with Crippen LogP contribution in [0.1, 0.15) is 19.8 Å². The second kappa shape index (κ2) is 14.6. The summed E-state index contributed by atoms with van der Waals surface area (Å²) in [5, 5.41) is 14.0. The second-order valence-corrected chi connectivity index (χ2v) is 18.7. The molecule has 318 valence electrons. The molecule has 0 fully saturated rings. The molecular formula is C63H44N2O2. The minimum atomic E-state index is 0.0499. The number of fused-ring (bicyclic) bond motifs is 13. The van der Waals surface area contributed by atoms with E-state index in [0.717, 1.165) is 95.9 Å². The molecule has 0 saturated heterocycles. The summed E-state index contributed by atoms with van der Waals surface area (Å²) in [6, 6.07) is 68.0. The fourth-order valence-corrected chi connectivity index (χ4v) is 11.3. The number of benzene rings is 10. The molecule has 4 nitrogen and oxygen atoms in total. The van der Waals surface area contributed by atoms with Crippen molar-refractivity contribution in [2.45, 2.75) is 19.8 Å². The molecule has 0 N–H and O–H groups in total. The lowest BCUT2D eigenvalue weighted by atomic mass is 9.68. The molecule has 2 aliphatic rings. The van der Waals surface area contributed by atoms with Gasteiger partial charge in [0.25, 0.3) is 0 Å². The Balaban J connectivity index is 0.899. The molecule has 0 aliphatic heterocycles. The zero-order valence-electron chi connectivity index (χ0n) is 37.0. The Morgan fingerprint density at radius 2 is 0.851 bits per heavy atom. The third-order valence-electron chi connectivity index (χ3n) is 14.7. The molecule has 2 atom stereocenters. The highest BCUT2D eigenvalue weighted by Crippen LogP contribution is 2.48. The van der Waals surface area contributed by atoms with Gasteiger partial charge in [-0.15, -0.1) is 0 Å². The highest BCUT2D eigenvalue weighted by atomic mass is 16.3. The van der Waals surface area contributed by atoms with Crippen LogP contribution in [-0.2, 0) is 0 Å². The van der Waals surface area contributed by atoms with Gasteiger partial charge in [0.15, 0.2) is 0 Å². The topological polar surface area (TPSA) is 32.8 Å². The van der Waals surface area contributed by atoms with E-state index in [4.69, 9.17) is 8.83 Å². The Bertz CT molecular complexity index is 4030. The lowest BCUT2D eigenvalue weighted by molar-refractivity contribution is 0.312. The van der Waals surface area contributed by atoms with Crippen molar-refractivity contribution in [2.75, 3.05) is 9.80 Å². The zero-order chi connectivity index (χ0) is 44.2. The predicted molar refractivity (Wildman–Crippen MR) is 281 cm³/mol. The quantitative estimate of drug-likeness (QED) is 0.156. The molecule has 0 bridgehead atoms. The standard InChI is InChI=1S/C63H44N2O2/c1-63-33-9-8-16-46(63)20-24-52(39-63)65(49-23-19-42-12-4-7-15-45(42)36-49)51-26-28-56-60(38-51)67-58-32-30-53-54(62(56)58)29-31-57-61(53)55-27-25-50(37-59(55)66-57)64(47-21-17-40-10-2-5-13-43(40)34-47)48-22-18-41-11-3-6-14-44(41)35-48/h2-8,10-32,34-39,46H,9,33H2,1H3. The highest BCUT2D eigenvalue weighted by molar-refractivity contribution is 6.27. The molecule has 0 amide bonds. The van der Waals surface area contributed by atoms with Gasteiger partial charge < -0.3 is 18.6 Å². The van der Waals surface area contributed by atoms with Crippen LogP contribution < -0.4 is 9.80 Å². The number of furan rings is 2. The average molecular weight is 861 g/mol. The van der Waals surface area contributed by atoms with Crippen LogP contribution in [0.4, 0.5) is 28.4 Å². The molecule has 0 spiro atoms. The Morgan fingerprint density at radius 3 is 1.37 bits per heavy atom. The van der Waals surface area contributed by atoms with Gasteiger partial charge >= 0.3 is 0 Å². The number of allylic oxidation sites excluding steroid dienone is 5. The van der Waals surface area contributed by atoms with Crippen molar-refractivity contribution in [1.29, 1.82) is 0 Å². The van der Waals surface area contributed by atoms with Crippen LogP contribution in [0.15, 0.2) is 233 Å². The number of nitrogens with zero attached hydrogens (tertiary/aromatic N) is 2. The highest BCUT2D eigenvalue weighted by Gasteiger charge is 2.34. The van der Waals surface area contributed by atoms with Gasteiger partial charge in [0, 0.05) is 73.7 Å². The Morgan fingerprint density at radius 1 is 0.418 bits per heavy atom. The first-order valence-electron chi connectivity index (χ1n) is 23.4. The molecular weight excluding hydrogens is 817 g/mol. The van der Waals surface area contributed by atoms with Gasteiger partial charge in [-0.25, -0.2) is 0 Å². The van der Waals surface area contributed by atoms with Crippen LogP contribution >= 0.6 is 0 Å². The van der Waals surface area contributed by atoms with E-state index in [0.29, 0.717) is 5.92 Å². The Kier molecular flexibility index (Phi) is 8.27. The number of hydrogen-bond donors (Lipinski definition) is 0. The molecule has 2 aliphatic carbocycles. The monoisotopic (exact) mass is 860 g/mol. The van der Waals surface area contributed by atoms with Crippen LogP contribution in [0.2, 0.25) is 0 Å². The molecule has 10 aromatic carbocycles. The lowest BCUT2D eigenvalue weighted by Gasteiger charge is -2.40. The van der Waals surface area contributed by atoms with E-state index in [9.17, 15) is 0 Å². The number of hydrogen-bond acceptors (Lipinski definition) is 4. The van der Waals surface area contributed by atoms with E-state index in [1.54, 1.807) is 0 Å². The van der Waals surface area contributed by atoms with E-state index in [1.165, 1.54) is 38.0 Å². The summed E-state index contributed by atoms with van der Waals surface area (Å²) in [5.74, 6) is 0.399. The van der Waals surface area contributed by atoms with Crippen molar-refractivity contribution in [3.8, 4) is 0 Å². The van der Waals surface area contributed by atoms with Gasteiger partial charge in [-0.1, -0.05) is 122 Å². The fourth-order valence-electron chi connectivity index (χ4n) is 11.3. The maximum atomic E-state index is 6.81. The Hall–Kier alpha value is -8.34. The van der Waals surface area contributed by atoms with E-state index in [1.807, 2.05) is 0 Å². The van der Waals surface area contributed by atoms with Gasteiger partial charge in [0.05, 0.1) is 0 Å². The summed E-state index contributed by atoms with van der Waals surface area (Å²) in [6.07, 6.45) is 14.1. The molecule has 0 saturated carbocycles. The van der Waals surface area contributed by atoms with Crippen LogP contribution in [0, 0.1) is 11.3 Å². The SMILES string of the molecule is CC12C=C(N(c3ccc4ccccc4c3)c3ccc4c(c3)oc3ccc5c(ccc6oc7cc(N(c8ccc9ccccc9c8)c8ccc9ccccc9c8)ccc7c65)c34)C=CC1C=CCC2. The molecule has 67 heavy (non-hydrogen) atoms. The van der Waals surface area contributed by atoms with E-state index in [-0.39, 0.29) is 5.41 Å². The number of rotatable bonds is 6. The Labute approximate surface area is 387 Å². The van der Waals surface area contributed by atoms with Crippen molar-refractivity contribution in [1.82, 2.24) is 0 Å². The van der Waals surface area contributed by atoms with Crippen molar-refractivity contribution in [2.24, 2.45) is 11.3 Å². The first-order valence-corrected chi connectivity index (χ1v) is 23.4. The average Bonchev–Trinajstić information content (AvgIpc) is 3.94. The third-order valence-corrected chi connectivity index (χ3v) is 14.7. The van der Waals surface area contributed by atoms with Crippen LogP contribution in [0.25, 0.3) is 87.0 Å². The normalized spacial score (nSPS) is 17.1. The third kappa shape index (κ3) is 6.06. The summed E-state index contributed by atoms with van der Waals surface area (Å²) in [6.45, 7) is 2.41. The van der Waals surface area contributed by atoms with Crippen molar-refractivity contribution < 1.29 is 8.83 Å². The smallest absolute Gasteiger partial charge is 0.137 e. The summed E-state index contributed by atoms with van der Waals surface area (Å²) in [4.78, 5) is 4.75. The maximum Gasteiger partial charge on any atom is 0.137 e. The first-order chi connectivity index (χ1) is 33.0. The summed E-state index contributed by atoms with van der Waals surface area (Å²) < 4.78 is 13.6. The fraction of sp³-hybridized carbons (Fsp3) is 0.0794. The second-order valence-electron chi connectivity index (χ2n) is 18.7. The lowest BCUT2D eigenvalue weighted by Crippen LogP contribution is -2.30. The van der Waals surface area contributed by atoms with Gasteiger partial charge in [-0.2, -0.15) is 0 Å². The van der Waals surface area contributed by atoms with Crippen molar-refractivity contribution in [3.05, 3.63) is 224 Å². The van der Waals surface area contributed by atoms with Crippen LogP contribution in [0.3, 0.4) is 0 Å². The molecule has 12 aromatic rings. The van der Waals surface area contributed by atoms with Crippen LogP contribution in [0.5, 0.6) is 0 Å². The minimum Gasteiger partial charge on any atom is -0.456 e. The molecule has 4 heteroatoms. The van der Waals surface area contributed by atoms with E-state index < -0.39 is 0 Å². The van der Waals surface area contributed by atoms with Crippen LogP contribution in [-0.4, -0.2) is 0 Å². The minimum absolute atomic E-state index is 0.0499. The summed E-state index contributed by atoms with van der Waals surface area (Å²) in [7, 11) is 0. The van der Waals surface area contributed by atoms with Crippen molar-refractivity contribution in [3.63, 3.8) is 0 Å². The number of anilines is 5. The molecule has 14 rings (SSSR count). The van der Waals surface area contributed by atoms with Gasteiger partial charge in [-0.3, -0.25) is 0 Å². The van der Waals surface area contributed by atoms with Crippen molar-refractivity contribution >= 4 is 115 Å². The van der Waals surface area contributed by atoms with Gasteiger partial charge in [0.1, 0.15) is 22.3 Å². The van der Waals surface area contributed by atoms with Gasteiger partial charge in [0.2, 0.25) is 0 Å². The molecule has 2 aromatic heterocycles. The first kappa shape index (κ1) is 38.0. The molecule has 2 unspecified atom stereocenters. The largest absolute Gasteiger partial charge is 0.456 e. The summed E-state index contributed by atoms with van der Waals surface area (Å²) in [5.41, 5.74) is 10.1. The predicted octanol–water partition coefficient (Wildman–Crippen LogP) is 18.1. The molecule has 2 heterocycles. The molecule has 0 radical (unpaired) electrons. The summed E-state index contributed by atoms with van der Waals surface area (Å²) >= 11 is 0. The zero-order valence-corrected chi connectivity index (χ0v) is 37.0.